The van der Waals surface area contributed by atoms with E-state index in [1.54, 1.807) is 36.4 Å². The molecule has 0 saturated heterocycles. The summed E-state index contributed by atoms with van der Waals surface area (Å²) < 4.78 is 16.2. The highest BCUT2D eigenvalue weighted by atomic mass is 16.5. The number of carbonyl (C=O) groups excluding carboxylic acids is 2. The number of anilines is 1. The largest absolute Gasteiger partial charge is 0.495 e. The average molecular weight is 478 g/mol. The molecule has 8 nitrogen and oxygen atoms in total. The van der Waals surface area contributed by atoms with Gasteiger partial charge in [0.1, 0.15) is 5.75 Å². The van der Waals surface area contributed by atoms with Crippen molar-refractivity contribution in [3.05, 3.63) is 83.9 Å². The lowest BCUT2D eigenvalue weighted by atomic mass is 10.2. The van der Waals surface area contributed by atoms with Crippen molar-refractivity contribution in [2.75, 3.05) is 46.3 Å². The number of ether oxygens (including phenoxy) is 3. The predicted octanol–water partition coefficient (Wildman–Crippen LogP) is 3.58. The molecule has 3 rings (SSSR count). The molecule has 0 atom stereocenters. The summed E-state index contributed by atoms with van der Waals surface area (Å²) >= 11 is 0. The second-order valence-corrected chi connectivity index (χ2v) is 7.88. The first-order valence-electron chi connectivity index (χ1n) is 11.2. The minimum atomic E-state index is -0.349. The van der Waals surface area contributed by atoms with Gasteiger partial charge in [-0.05, 0) is 42.9 Å². The van der Waals surface area contributed by atoms with Crippen LogP contribution >= 0.6 is 0 Å². The highest BCUT2D eigenvalue weighted by Crippen LogP contribution is 2.28. The zero-order valence-corrected chi connectivity index (χ0v) is 20.2. The summed E-state index contributed by atoms with van der Waals surface area (Å²) in [5.41, 5.74) is 2.22. The first-order valence-corrected chi connectivity index (χ1v) is 11.2. The van der Waals surface area contributed by atoms with Crippen LogP contribution < -0.4 is 24.8 Å². The topological polar surface area (TPSA) is 89.1 Å². The van der Waals surface area contributed by atoms with Crippen LogP contribution in [-0.2, 0) is 11.3 Å². The van der Waals surface area contributed by atoms with Crippen molar-refractivity contribution >= 4 is 17.5 Å². The van der Waals surface area contributed by atoms with Gasteiger partial charge in [0.25, 0.3) is 11.8 Å². The quantitative estimate of drug-likeness (QED) is 0.415. The number of benzene rings is 3. The second kappa shape index (κ2) is 13.0. The van der Waals surface area contributed by atoms with Crippen LogP contribution in [0.3, 0.4) is 0 Å². The second-order valence-electron chi connectivity index (χ2n) is 7.88. The average Bonchev–Trinajstić information content (AvgIpc) is 2.88. The number of para-hydroxylation sites is 2. The summed E-state index contributed by atoms with van der Waals surface area (Å²) in [6.45, 7) is 1.79. The molecule has 184 valence electrons. The van der Waals surface area contributed by atoms with E-state index in [0.717, 1.165) is 6.54 Å². The maximum atomic E-state index is 12.6. The molecule has 35 heavy (non-hydrogen) atoms. The monoisotopic (exact) mass is 477 g/mol. The van der Waals surface area contributed by atoms with Crippen LogP contribution in [-0.4, -0.2) is 57.7 Å². The Hall–Kier alpha value is -4.04. The summed E-state index contributed by atoms with van der Waals surface area (Å²) in [6.07, 6.45) is 0. The number of carbonyl (C=O) groups is 2. The number of likely N-dealkylation sites (N-methyl/N-ethyl adjacent to an activating group) is 1. The fourth-order valence-corrected chi connectivity index (χ4v) is 3.44. The molecule has 0 aliphatic rings. The van der Waals surface area contributed by atoms with E-state index < -0.39 is 0 Å². The Morgan fingerprint density at radius 2 is 1.57 bits per heavy atom. The van der Waals surface area contributed by atoms with Crippen LogP contribution in [0, 0.1) is 0 Å². The molecule has 0 aliphatic heterocycles. The molecule has 0 radical (unpaired) electrons. The molecular weight excluding hydrogens is 446 g/mol. The van der Waals surface area contributed by atoms with Crippen molar-refractivity contribution in [2.24, 2.45) is 0 Å². The summed E-state index contributed by atoms with van der Waals surface area (Å²) in [5, 5.41) is 5.67. The Balaban J connectivity index is 1.49. The van der Waals surface area contributed by atoms with E-state index in [1.807, 2.05) is 31.3 Å². The van der Waals surface area contributed by atoms with Gasteiger partial charge in [-0.2, -0.15) is 0 Å². The van der Waals surface area contributed by atoms with Crippen molar-refractivity contribution in [3.8, 4) is 17.2 Å². The number of methoxy groups -OCH3 is 2. The standard InChI is InChI=1S/C27H31N3O5/c1-30(18-20-9-5-4-6-10-20)16-15-28-27(32)21-13-14-24(25(17-21)34-3)35-19-26(31)29-22-11-7-8-12-23(22)33-2/h4-14,17H,15-16,18-19H2,1-3H3,(H,28,32)(H,29,31). The van der Waals surface area contributed by atoms with Gasteiger partial charge < -0.3 is 29.7 Å². The minimum Gasteiger partial charge on any atom is -0.495 e. The van der Waals surface area contributed by atoms with Gasteiger partial charge in [-0.1, -0.05) is 42.5 Å². The smallest absolute Gasteiger partial charge is 0.262 e. The number of amides is 2. The molecule has 2 amide bonds. The molecule has 0 aromatic heterocycles. The van der Waals surface area contributed by atoms with Crippen LogP contribution in [0.25, 0.3) is 0 Å². The Morgan fingerprint density at radius 1 is 0.857 bits per heavy atom. The van der Waals surface area contributed by atoms with Gasteiger partial charge in [-0.3, -0.25) is 9.59 Å². The van der Waals surface area contributed by atoms with E-state index in [0.29, 0.717) is 41.6 Å². The number of rotatable bonds is 12. The van der Waals surface area contributed by atoms with E-state index >= 15 is 0 Å². The Labute approximate surface area is 205 Å². The van der Waals surface area contributed by atoms with E-state index in [1.165, 1.54) is 19.8 Å². The molecule has 3 aromatic carbocycles. The first-order chi connectivity index (χ1) is 17.0. The normalized spacial score (nSPS) is 10.5. The van der Waals surface area contributed by atoms with Crippen LogP contribution in [0.5, 0.6) is 17.2 Å². The number of hydrogen-bond acceptors (Lipinski definition) is 6. The van der Waals surface area contributed by atoms with Crippen molar-refractivity contribution in [1.29, 1.82) is 0 Å². The Bertz CT molecular complexity index is 1120. The van der Waals surface area contributed by atoms with Gasteiger partial charge in [0, 0.05) is 25.2 Å². The molecule has 0 aliphatic carbocycles. The predicted molar refractivity (Wildman–Crippen MR) is 135 cm³/mol. The van der Waals surface area contributed by atoms with Crippen LogP contribution in [0.4, 0.5) is 5.69 Å². The van der Waals surface area contributed by atoms with Crippen LogP contribution in [0.2, 0.25) is 0 Å². The van der Waals surface area contributed by atoms with Crippen LogP contribution in [0.1, 0.15) is 15.9 Å². The molecule has 0 spiro atoms. The third kappa shape index (κ3) is 7.75. The highest BCUT2D eigenvalue weighted by molar-refractivity contribution is 5.95. The molecule has 8 heteroatoms. The zero-order chi connectivity index (χ0) is 25.0. The fraction of sp³-hybridized carbons (Fsp3) is 0.259. The summed E-state index contributed by atoms with van der Waals surface area (Å²) in [4.78, 5) is 27.1. The third-order valence-electron chi connectivity index (χ3n) is 5.24. The molecule has 2 N–H and O–H groups in total. The Morgan fingerprint density at radius 3 is 2.31 bits per heavy atom. The van der Waals surface area contributed by atoms with Crippen molar-refractivity contribution in [3.63, 3.8) is 0 Å². The van der Waals surface area contributed by atoms with E-state index in [2.05, 4.69) is 27.7 Å². The fourth-order valence-electron chi connectivity index (χ4n) is 3.44. The molecule has 0 bridgehead atoms. The maximum absolute atomic E-state index is 12.6. The van der Waals surface area contributed by atoms with Gasteiger partial charge in [0.15, 0.2) is 18.1 Å². The molecular formula is C27H31N3O5. The SMILES string of the molecule is COc1ccccc1NC(=O)COc1ccc(C(=O)NCCN(C)Cc2ccccc2)cc1OC. The van der Waals surface area contributed by atoms with E-state index in [9.17, 15) is 9.59 Å². The third-order valence-corrected chi connectivity index (χ3v) is 5.24. The van der Waals surface area contributed by atoms with Gasteiger partial charge in [0.05, 0.1) is 19.9 Å². The first kappa shape index (κ1) is 25.6. The molecule has 0 saturated carbocycles. The maximum Gasteiger partial charge on any atom is 0.262 e. The Kier molecular flexibility index (Phi) is 9.50. The lowest BCUT2D eigenvalue weighted by molar-refractivity contribution is -0.118. The van der Waals surface area contributed by atoms with Crippen molar-refractivity contribution < 1.29 is 23.8 Å². The van der Waals surface area contributed by atoms with Gasteiger partial charge in [-0.15, -0.1) is 0 Å². The van der Waals surface area contributed by atoms with Gasteiger partial charge in [-0.25, -0.2) is 0 Å². The lowest BCUT2D eigenvalue weighted by Gasteiger charge is -2.17. The number of nitrogens with zero attached hydrogens (tertiary/aromatic N) is 1. The molecule has 3 aromatic rings. The molecule has 0 unspecified atom stereocenters. The van der Waals surface area contributed by atoms with Gasteiger partial charge >= 0.3 is 0 Å². The molecule has 0 fully saturated rings. The minimum absolute atomic E-state index is 0.211. The summed E-state index contributed by atoms with van der Waals surface area (Å²) in [6, 6.07) is 22.1. The summed E-state index contributed by atoms with van der Waals surface area (Å²) in [5.74, 6) is 0.723. The van der Waals surface area contributed by atoms with Gasteiger partial charge in [0.2, 0.25) is 0 Å². The zero-order valence-electron chi connectivity index (χ0n) is 20.2. The number of nitrogens with one attached hydrogen (secondary N) is 2. The van der Waals surface area contributed by atoms with E-state index in [-0.39, 0.29) is 18.4 Å². The number of hydrogen-bond donors (Lipinski definition) is 2. The van der Waals surface area contributed by atoms with Crippen molar-refractivity contribution in [2.45, 2.75) is 6.54 Å². The molecule has 0 heterocycles. The highest BCUT2D eigenvalue weighted by Gasteiger charge is 2.14. The lowest BCUT2D eigenvalue weighted by Crippen LogP contribution is -2.32. The van der Waals surface area contributed by atoms with Crippen molar-refractivity contribution in [1.82, 2.24) is 10.2 Å². The van der Waals surface area contributed by atoms with E-state index in [4.69, 9.17) is 14.2 Å². The van der Waals surface area contributed by atoms with Crippen LogP contribution in [0.15, 0.2) is 72.8 Å². The summed E-state index contributed by atoms with van der Waals surface area (Å²) in [7, 11) is 5.03.